The summed E-state index contributed by atoms with van der Waals surface area (Å²) in [7, 11) is 1.40. The average Bonchev–Trinajstić information content (AvgIpc) is 2.31. The van der Waals surface area contributed by atoms with E-state index in [1.807, 2.05) is 0 Å². The molecule has 5 nitrogen and oxygen atoms in total. The molecule has 0 spiro atoms. The number of hydrogen-bond donors (Lipinski definition) is 2. The SMILES string of the molecule is CCOC(=O)C(O)c1cc(C)c(O)c(OC)c1. The molecule has 1 rings (SSSR count). The summed E-state index contributed by atoms with van der Waals surface area (Å²) in [6.45, 7) is 3.51. The van der Waals surface area contributed by atoms with Gasteiger partial charge >= 0.3 is 5.97 Å². The first-order valence-electron chi connectivity index (χ1n) is 5.23. The van der Waals surface area contributed by atoms with Crippen molar-refractivity contribution in [3.63, 3.8) is 0 Å². The molecule has 0 radical (unpaired) electrons. The summed E-state index contributed by atoms with van der Waals surface area (Å²) in [5.74, 6) is -0.518. The molecule has 2 N–H and O–H groups in total. The molecule has 5 heteroatoms. The van der Waals surface area contributed by atoms with Gasteiger partial charge in [0.1, 0.15) is 0 Å². The van der Waals surface area contributed by atoms with Crippen molar-refractivity contribution in [2.24, 2.45) is 0 Å². The highest BCUT2D eigenvalue weighted by Crippen LogP contribution is 2.33. The van der Waals surface area contributed by atoms with Crippen molar-refractivity contribution < 1.29 is 24.5 Å². The van der Waals surface area contributed by atoms with Gasteiger partial charge in [-0.25, -0.2) is 4.79 Å². The lowest BCUT2D eigenvalue weighted by Crippen LogP contribution is -2.15. The third kappa shape index (κ3) is 2.88. The maximum atomic E-state index is 11.4. The van der Waals surface area contributed by atoms with Crippen molar-refractivity contribution in [1.29, 1.82) is 0 Å². The Hall–Kier alpha value is -1.75. The number of rotatable bonds is 4. The summed E-state index contributed by atoms with van der Waals surface area (Å²) in [5.41, 5.74) is 0.846. The molecule has 0 amide bonds. The molecule has 0 saturated carbocycles. The van der Waals surface area contributed by atoms with Crippen LogP contribution in [0.25, 0.3) is 0 Å². The Bertz CT molecular complexity index is 414. The van der Waals surface area contributed by atoms with Crippen molar-refractivity contribution >= 4 is 5.97 Å². The second-order valence-corrected chi connectivity index (χ2v) is 3.54. The quantitative estimate of drug-likeness (QED) is 0.776. The van der Waals surface area contributed by atoms with Crippen molar-refractivity contribution in [2.75, 3.05) is 13.7 Å². The van der Waals surface area contributed by atoms with Crippen LogP contribution in [0.4, 0.5) is 0 Å². The molecule has 0 fully saturated rings. The van der Waals surface area contributed by atoms with Crippen LogP contribution in [0.5, 0.6) is 11.5 Å². The molecular weight excluding hydrogens is 224 g/mol. The van der Waals surface area contributed by atoms with Crippen LogP contribution in [0.2, 0.25) is 0 Å². The van der Waals surface area contributed by atoms with Gasteiger partial charge in [0.15, 0.2) is 17.6 Å². The van der Waals surface area contributed by atoms with Gasteiger partial charge in [-0.2, -0.15) is 0 Å². The van der Waals surface area contributed by atoms with E-state index in [4.69, 9.17) is 9.47 Å². The highest BCUT2D eigenvalue weighted by Gasteiger charge is 2.21. The van der Waals surface area contributed by atoms with Gasteiger partial charge in [0, 0.05) is 0 Å². The van der Waals surface area contributed by atoms with Crippen molar-refractivity contribution in [3.8, 4) is 11.5 Å². The van der Waals surface area contributed by atoms with E-state index in [1.165, 1.54) is 19.2 Å². The zero-order valence-corrected chi connectivity index (χ0v) is 10.1. The Morgan fingerprint density at radius 1 is 1.47 bits per heavy atom. The van der Waals surface area contributed by atoms with Crippen LogP contribution >= 0.6 is 0 Å². The molecule has 0 aliphatic heterocycles. The highest BCUT2D eigenvalue weighted by molar-refractivity contribution is 5.76. The number of benzene rings is 1. The molecule has 1 atom stereocenters. The van der Waals surface area contributed by atoms with E-state index < -0.39 is 12.1 Å². The van der Waals surface area contributed by atoms with Crippen LogP contribution in [0, 0.1) is 6.92 Å². The summed E-state index contributed by atoms with van der Waals surface area (Å²) >= 11 is 0. The van der Waals surface area contributed by atoms with Gasteiger partial charge in [0.25, 0.3) is 0 Å². The molecule has 94 valence electrons. The average molecular weight is 240 g/mol. The first kappa shape index (κ1) is 13.3. The van der Waals surface area contributed by atoms with E-state index in [-0.39, 0.29) is 18.1 Å². The lowest BCUT2D eigenvalue weighted by Gasteiger charge is -2.13. The Morgan fingerprint density at radius 2 is 2.12 bits per heavy atom. The minimum Gasteiger partial charge on any atom is -0.504 e. The highest BCUT2D eigenvalue weighted by atomic mass is 16.5. The fourth-order valence-corrected chi connectivity index (χ4v) is 1.44. The normalized spacial score (nSPS) is 12.0. The predicted molar refractivity (Wildman–Crippen MR) is 61.0 cm³/mol. The number of hydrogen-bond acceptors (Lipinski definition) is 5. The zero-order chi connectivity index (χ0) is 13.0. The minimum atomic E-state index is -1.37. The van der Waals surface area contributed by atoms with Crippen LogP contribution in [0.15, 0.2) is 12.1 Å². The van der Waals surface area contributed by atoms with Crippen LogP contribution in [-0.4, -0.2) is 29.9 Å². The number of ether oxygens (including phenoxy) is 2. The number of aliphatic hydroxyl groups excluding tert-OH is 1. The topological polar surface area (TPSA) is 76.0 Å². The van der Waals surface area contributed by atoms with Crippen molar-refractivity contribution in [1.82, 2.24) is 0 Å². The second kappa shape index (κ2) is 5.54. The Kier molecular flexibility index (Phi) is 4.34. The molecule has 0 aliphatic rings. The largest absolute Gasteiger partial charge is 0.504 e. The number of aromatic hydroxyl groups is 1. The van der Waals surface area contributed by atoms with E-state index in [9.17, 15) is 15.0 Å². The summed E-state index contributed by atoms with van der Waals surface area (Å²) in [5, 5.41) is 19.4. The van der Waals surface area contributed by atoms with Crippen molar-refractivity contribution in [2.45, 2.75) is 20.0 Å². The van der Waals surface area contributed by atoms with Gasteiger partial charge in [0.2, 0.25) is 0 Å². The van der Waals surface area contributed by atoms with E-state index >= 15 is 0 Å². The maximum Gasteiger partial charge on any atom is 0.339 e. The van der Waals surface area contributed by atoms with Gasteiger partial charge in [-0.1, -0.05) is 0 Å². The van der Waals surface area contributed by atoms with Crippen LogP contribution in [0.3, 0.4) is 0 Å². The number of phenolic OH excluding ortho intramolecular Hbond substituents is 1. The van der Waals surface area contributed by atoms with E-state index in [0.717, 1.165) is 0 Å². The molecule has 0 bridgehead atoms. The Balaban J connectivity index is 3.06. The number of carbonyl (C=O) groups excluding carboxylic acids is 1. The van der Waals surface area contributed by atoms with E-state index in [1.54, 1.807) is 13.8 Å². The summed E-state index contributed by atoms with van der Waals surface area (Å²) < 4.78 is 9.65. The standard InChI is InChI=1S/C12H16O5/c1-4-17-12(15)11(14)8-5-7(2)10(13)9(6-8)16-3/h5-6,11,13-14H,4H2,1-3H3. The lowest BCUT2D eigenvalue weighted by atomic mass is 10.0. The van der Waals surface area contributed by atoms with Gasteiger partial charge < -0.3 is 19.7 Å². The molecule has 0 saturated heterocycles. The third-order valence-electron chi connectivity index (χ3n) is 2.33. The van der Waals surface area contributed by atoms with Crippen LogP contribution in [-0.2, 0) is 9.53 Å². The smallest absolute Gasteiger partial charge is 0.339 e. The monoisotopic (exact) mass is 240 g/mol. The molecule has 0 aliphatic carbocycles. The number of esters is 1. The molecule has 0 heterocycles. The number of aryl methyl sites for hydroxylation is 1. The van der Waals surface area contributed by atoms with Crippen molar-refractivity contribution in [3.05, 3.63) is 23.3 Å². The number of aliphatic hydroxyl groups is 1. The molecule has 17 heavy (non-hydrogen) atoms. The van der Waals surface area contributed by atoms with Gasteiger partial charge in [-0.15, -0.1) is 0 Å². The molecular formula is C12H16O5. The number of methoxy groups -OCH3 is 1. The fourth-order valence-electron chi connectivity index (χ4n) is 1.44. The minimum absolute atomic E-state index is 0.00712. The van der Waals surface area contributed by atoms with Crippen LogP contribution < -0.4 is 4.74 Å². The van der Waals surface area contributed by atoms with Gasteiger partial charge in [-0.3, -0.25) is 0 Å². The molecule has 0 aromatic heterocycles. The molecule has 1 aromatic carbocycles. The third-order valence-corrected chi connectivity index (χ3v) is 2.33. The summed E-state index contributed by atoms with van der Waals surface area (Å²) in [4.78, 5) is 11.4. The van der Waals surface area contributed by atoms with Gasteiger partial charge in [0.05, 0.1) is 13.7 Å². The lowest BCUT2D eigenvalue weighted by molar-refractivity contribution is -0.153. The summed E-state index contributed by atoms with van der Waals surface area (Å²) in [6, 6.07) is 2.92. The number of carbonyl (C=O) groups is 1. The Morgan fingerprint density at radius 3 is 2.65 bits per heavy atom. The first-order valence-corrected chi connectivity index (χ1v) is 5.23. The zero-order valence-electron chi connectivity index (χ0n) is 10.1. The van der Waals surface area contributed by atoms with Gasteiger partial charge in [-0.05, 0) is 37.1 Å². The van der Waals surface area contributed by atoms with E-state index in [0.29, 0.717) is 11.1 Å². The van der Waals surface area contributed by atoms with E-state index in [2.05, 4.69) is 0 Å². The number of phenols is 1. The maximum absolute atomic E-state index is 11.4. The molecule has 1 aromatic rings. The molecule has 1 unspecified atom stereocenters. The first-order chi connectivity index (χ1) is 8.01. The Labute approximate surface area is 99.6 Å². The second-order valence-electron chi connectivity index (χ2n) is 3.54. The predicted octanol–water partition coefficient (Wildman–Crippen LogP) is 1.31. The fraction of sp³-hybridized carbons (Fsp3) is 0.417. The summed E-state index contributed by atoms with van der Waals surface area (Å²) in [6.07, 6.45) is -1.37. The van der Waals surface area contributed by atoms with Crippen LogP contribution in [0.1, 0.15) is 24.2 Å².